The third kappa shape index (κ3) is 6.31. The SMILES string of the molecule is CC(C)(C)OC(=O)Nc1c(F)cc(Br)cc1C(=O)C(C)(C)CCN=[N+]=[N-]. The van der Waals surface area contributed by atoms with Gasteiger partial charge in [0.25, 0.3) is 0 Å². The van der Waals surface area contributed by atoms with Gasteiger partial charge in [0.15, 0.2) is 5.78 Å². The van der Waals surface area contributed by atoms with Crippen LogP contribution in [0.5, 0.6) is 0 Å². The number of hydrogen-bond donors (Lipinski definition) is 1. The molecule has 0 aliphatic heterocycles. The Morgan fingerprint density at radius 2 is 1.92 bits per heavy atom. The molecule has 0 heterocycles. The summed E-state index contributed by atoms with van der Waals surface area (Å²) in [6.45, 7) is 8.48. The second kappa shape index (κ2) is 8.51. The number of halogens is 2. The molecule has 0 unspecified atom stereocenters. The van der Waals surface area contributed by atoms with Gasteiger partial charge in [-0.2, -0.15) is 0 Å². The van der Waals surface area contributed by atoms with Crippen LogP contribution in [0.25, 0.3) is 10.4 Å². The molecule has 7 nitrogen and oxygen atoms in total. The Morgan fingerprint density at radius 1 is 1.31 bits per heavy atom. The first-order valence-electron chi connectivity index (χ1n) is 7.92. The van der Waals surface area contributed by atoms with Crippen molar-refractivity contribution in [1.29, 1.82) is 0 Å². The molecule has 0 aliphatic rings. The molecule has 0 fully saturated rings. The highest BCUT2D eigenvalue weighted by molar-refractivity contribution is 9.10. The van der Waals surface area contributed by atoms with Gasteiger partial charge in [0, 0.05) is 26.9 Å². The summed E-state index contributed by atoms with van der Waals surface area (Å²) in [6, 6.07) is 2.59. The number of carbonyl (C=O) groups is 2. The smallest absolute Gasteiger partial charge is 0.412 e. The standard InChI is InChI=1S/C17H22BrFN4O3/c1-16(2,3)26-15(25)22-13-11(8-10(18)9-12(13)19)14(24)17(4,5)6-7-21-23-20/h8-9H,6-7H2,1-5H3,(H,22,25). The predicted octanol–water partition coefficient (Wildman–Crippen LogP) is 5.84. The third-order valence-electron chi connectivity index (χ3n) is 3.44. The molecule has 0 atom stereocenters. The summed E-state index contributed by atoms with van der Waals surface area (Å²) in [4.78, 5) is 27.6. The van der Waals surface area contributed by atoms with E-state index in [0.717, 1.165) is 6.07 Å². The van der Waals surface area contributed by atoms with Crippen molar-refractivity contribution in [3.8, 4) is 0 Å². The van der Waals surface area contributed by atoms with E-state index in [1.807, 2.05) is 0 Å². The number of rotatable bonds is 6. The lowest BCUT2D eigenvalue weighted by Gasteiger charge is -2.25. The van der Waals surface area contributed by atoms with Crippen LogP contribution in [0, 0.1) is 11.2 Å². The quantitative estimate of drug-likeness (QED) is 0.266. The fourth-order valence-corrected chi connectivity index (χ4v) is 2.57. The van der Waals surface area contributed by atoms with Crippen LogP contribution in [-0.4, -0.2) is 24.0 Å². The van der Waals surface area contributed by atoms with E-state index in [1.165, 1.54) is 6.07 Å². The molecule has 0 saturated carbocycles. The van der Waals surface area contributed by atoms with Gasteiger partial charge in [-0.25, -0.2) is 9.18 Å². The Morgan fingerprint density at radius 3 is 2.46 bits per heavy atom. The Hall–Kier alpha value is -2.12. The van der Waals surface area contributed by atoms with E-state index in [4.69, 9.17) is 10.3 Å². The maximum absolute atomic E-state index is 14.4. The predicted molar refractivity (Wildman–Crippen MR) is 101 cm³/mol. The number of benzene rings is 1. The summed E-state index contributed by atoms with van der Waals surface area (Å²) in [5.74, 6) is -1.16. The summed E-state index contributed by atoms with van der Waals surface area (Å²) in [5.41, 5.74) is 6.45. The Kier molecular flexibility index (Phi) is 7.17. The van der Waals surface area contributed by atoms with Crippen LogP contribution < -0.4 is 5.32 Å². The number of carbonyl (C=O) groups excluding carboxylic acids is 2. The van der Waals surface area contributed by atoms with Gasteiger partial charge in [-0.1, -0.05) is 34.9 Å². The monoisotopic (exact) mass is 428 g/mol. The van der Waals surface area contributed by atoms with Crippen LogP contribution in [0.15, 0.2) is 21.7 Å². The van der Waals surface area contributed by atoms with Gasteiger partial charge >= 0.3 is 6.09 Å². The van der Waals surface area contributed by atoms with Crippen molar-refractivity contribution in [2.45, 2.75) is 46.6 Å². The highest BCUT2D eigenvalue weighted by atomic mass is 79.9. The maximum Gasteiger partial charge on any atom is 0.412 e. The highest BCUT2D eigenvalue weighted by Gasteiger charge is 2.32. The number of azide groups is 1. The normalized spacial score (nSPS) is 11.5. The van der Waals surface area contributed by atoms with E-state index in [-0.39, 0.29) is 24.2 Å². The van der Waals surface area contributed by atoms with Crippen molar-refractivity contribution in [2.75, 3.05) is 11.9 Å². The number of hydrogen-bond acceptors (Lipinski definition) is 4. The largest absolute Gasteiger partial charge is 0.444 e. The van der Waals surface area contributed by atoms with E-state index < -0.39 is 28.7 Å². The molecule has 0 aliphatic carbocycles. The molecule has 0 radical (unpaired) electrons. The minimum Gasteiger partial charge on any atom is -0.444 e. The summed E-state index contributed by atoms with van der Waals surface area (Å²) in [5, 5.41) is 5.76. The van der Waals surface area contributed by atoms with Crippen LogP contribution in [0.4, 0.5) is 14.9 Å². The topological polar surface area (TPSA) is 104 Å². The molecule has 0 saturated heterocycles. The van der Waals surface area contributed by atoms with E-state index in [0.29, 0.717) is 4.47 Å². The Labute approximate surface area is 160 Å². The molecular formula is C17H22BrFN4O3. The highest BCUT2D eigenvalue weighted by Crippen LogP contribution is 2.33. The summed E-state index contributed by atoms with van der Waals surface area (Å²) in [7, 11) is 0. The number of anilines is 1. The molecule has 142 valence electrons. The van der Waals surface area contributed by atoms with E-state index in [1.54, 1.807) is 34.6 Å². The molecule has 9 heteroatoms. The molecule has 0 spiro atoms. The molecule has 0 aromatic heterocycles. The van der Waals surface area contributed by atoms with Crippen LogP contribution in [0.1, 0.15) is 51.4 Å². The van der Waals surface area contributed by atoms with Crippen LogP contribution in [0.3, 0.4) is 0 Å². The van der Waals surface area contributed by atoms with Crippen molar-refractivity contribution in [1.82, 2.24) is 0 Å². The van der Waals surface area contributed by atoms with Crippen molar-refractivity contribution in [3.63, 3.8) is 0 Å². The van der Waals surface area contributed by atoms with Gasteiger partial charge in [-0.3, -0.25) is 10.1 Å². The van der Waals surface area contributed by atoms with Crippen molar-refractivity contribution in [3.05, 3.63) is 38.4 Å². The van der Waals surface area contributed by atoms with Gasteiger partial charge in [0.1, 0.15) is 11.4 Å². The van der Waals surface area contributed by atoms with Gasteiger partial charge in [0.05, 0.1) is 5.69 Å². The molecule has 26 heavy (non-hydrogen) atoms. The van der Waals surface area contributed by atoms with Gasteiger partial charge in [0.2, 0.25) is 0 Å². The average Bonchev–Trinajstić information content (AvgIpc) is 2.47. The number of Topliss-reactive ketones (excluding diaryl/α,β-unsaturated/α-hetero) is 1. The Bertz CT molecular complexity index is 753. The third-order valence-corrected chi connectivity index (χ3v) is 3.90. The second-order valence-electron chi connectivity index (χ2n) is 7.35. The number of ether oxygens (including phenoxy) is 1. The van der Waals surface area contributed by atoms with E-state index >= 15 is 0 Å². The maximum atomic E-state index is 14.4. The van der Waals surface area contributed by atoms with E-state index in [9.17, 15) is 14.0 Å². The molecular weight excluding hydrogens is 407 g/mol. The second-order valence-corrected chi connectivity index (χ2v) is 8.27. The molecule has 1 aromatic carbocycles. The molecule has 1 rings (SSSR count). The zero-order chi connectivity index (χ0) is 20.1. The fourth-order valence-electron chi connectivity index (χ4n) is 2.14. The van der Waals surface area contributed by atoms with Crippen LogP contribution >= 0.6 is 15.9 Å². The molecule has 1 aromatic rings. The van der Waals surface area contributed by atoms with Crippen molar-refractivity contribution in [2.24, 2.45) is 10.5 Å². The minimum atomic E-state index is -0.925. The number of nitrogens with zero attached hydrogens (tertiary/aromatic N) is 3. The molecule has 0 bridgehead atoms. The molecule has 1 amide bonds. The van der Waals surface area contributed by atoms with Gasteiger partial charge in [-0.05, 0) is 44.9 Å². The number of nitrogens with one attached hydrogen (secondary N) is 1. The summed E-state index contributed by atoms with van der Waals surface area (Å²) in [6.07, 6.45) is -0.588. The van der Waals surface area contributed by atoms with Gasteiger partial charge in [-0.15, -0.1) is 0 Å². The fraction of sp³-hybridized carbons (Fsp3) is 0.529. The zero-order valence-corrected chi connectivity index (χ0v) is 17.0. The van der Waals surface area contributed by atoms with Crippen molar-refractivity contribution >= 4 is 33.5 Å². The summed E-state index contributed by atoms with van der Waals surface area (Å²) >= 11 is 3.16. The average molecular weight is 429 g/mol. The first kappa shape index (κ1) is 21.9. The lowest BCUT2D eigenvalue weighted by Crippen LogP contribution is -2.30. The number of amides is 1. The van der Waals surface area contributed by atoms with Crippen molar-refractivity contribution < 1.29 is 18.7 Å². The first-order valence-corrected chi connectivity index (χ1v) is 8.71. The number of ketones is 1. The molecule has 1 N–H and O–H groups in total. The van der Waals surface area contributed by atoms with E-state index in [2.05, 4.69) is 31.3 Å². The van der Waals surface area contributed by atoms with Gasteiger partial charge < -0.3 is 4.74 Å². The Balaban J connectivity index is 3.23. The minimum absolute atomic E-state index is 0.00803. The lowest BCUT2D eigenvalue weighted by molar-refractivity contribution is 0.0635. The zero-order valence-electron chi connectivity index (χ0n) is 15.4. The first-order chi connectivity index (χ1) is 11.9. The van der Waals surface area contributed by atoms with Crippen LogP contribution in [-0.2, 0) is 4.74 Å². The lowest BCUT2D eigenvalue weighted by atomic mass is 9.81. The van der Waals surface area contributed by atoms with Crippen LogP contribution in [0.2, 0.25) is 0 Å². The summed E-state index contributed by atoms with van der Waals surface area (Å²) < 4.78 is 19.9.